The summed E-state index contributed by atoms with van der Waals surface area (Å²) in [6.07, 6.45) is 0. The Hall–Kier alpha value is -2.54. The standard InChI is InChI=1S/C19H19NO5S/c1-22-14-4-3-5-15(23-2)18(14)19-20(17(21)10-26-19)9-12-6-7-13-16(8-12)25-11-24-13/h3-8,19H,9-11H2,1-2H3. The molecule has 7 heteroatoms. The monoisotopic (exact) mass is 373 g/mol. The van der Waals surface area contributed by atoms with Gasteiger partial charge in [0.15, 0.2) is 11.5 Å². The second kappa shape index (κ2) is 6.99. The van der Waals surface area contributed by atoms with E-state index in [-0.39, 0.29) is 18.1 Å². The number of benzene rings is 2. The van der Waals surface area contributed by atoms with Crippen LogP contribution in [0.3, 0.4) is 0 Å². The van der Waals surface area contributed by atoms with Gasteiger partial charge < -0.3 is 23.8 Å². The minimum absolute atomic E-state index is 0.0885. The maximum Gasteiger partial charge on any atom is 0.234 e. The number of thioether (sulfide) groups is 1. The first kappa shape index (κ1) is 16.9. The van der Waals surface area contributed by atoms with Crippen LogP contribution in [0, 0.1) is 0 Å². The number of methoxy groups -OCH3 is 2. The molecule has 1 unspecified atom stereocenters. The Labute approximate surface area is 156 Å². The van der Waals surface area contributed by atoms with Crippen molar-refractivity contribution < 1.29 is 23.7 Å². The Morgan fingerprint density at radius 1 is 1.12 bits per heavy atom. The minimum atomic E-state index is -0.168. The van der Waals surface area contributed by atoms with Crippen LogP contribution in [0.15, 0.2) is 36.4 Å². The van der Waals surface area contributed by atoms with Crippen LogP contribution in [0.2, 0.25) is 0 Å². The fourth-order valence-corrected chi connectivity index (χ4v) is 4.46. The molecule has 0 N–H and O–H groups in total. The summed E-state index contributed by atoms with van der Waals surface area (Å²) in [7, 11) is 3.25. The summed E-state index contributed by atoms with van der Waals surface area (Å²) in [5, 5.41) is -0.168. The number of nitrogens with zero attached hydrogens (tertiary/aromatic N) is 1. The third-order valence-corrected chi connectivity index (χ3v) is 5.69. The average molecular weight is 373 g/mol. The summed E-state index contributed by atoms with van der Waals surface area (Å²) in [4.78, 5) is 14.4. The Bertz CT molecular complexity index is 818. The van der Waals surface area contributed by atoms with Gasteiger partial charge in [-0.25, -0.2) is 0 Å². The van der Waals surface area contributed by atoms with E-state index in [1.165, 1.54) is 0 Å². The first-order chi connectivity index (χ1) is 12.7. The van der Waals surface area contributed by atoms with Crippen molar-refractivity contribution in [1.29, 1.82) is 0 Å². The third kappa shape index (κ3) is 2.92. The van der Waals surface area contributed by atoms with E-state index >= 15 is 0 Å². The van der Waals surface area contributed by atoms with Crippen molar-refractivity contribution in [2.75, 3.05) is 26.8 Å². The molecule has 2 aromatic rings. The van der Waals surface area contributed by atoms with Crippen molar-refractivity contribution in [2.45, 2.75) is 11.9 Å². The molecule has 0 spiro atoms. The quantitative estimate of drug-likeness (QED) is 0.802. The largest absolute Gasteiger partial charge is 0.496 e. The van der Waals surface area contributed by atoms with Crippen molar-refractivity contribution in [2.24, 2.45) is 0 Å². The SMILES string of the molecule is COc1cccc(OC)c1C1SCC(=O)N1Cc1ccc2c(c1)OCO2. The molecule has 1 amide bonds. The van der Waals surface area contributed by atoms with Crippen molar-refractivity contribution in [3.63, 3.8) is 0 Å². The fraction of sp³-hybridized carbons (Fsp3) is 0.316. The summed E-state index contributed by atoms with van der Waals surface area (Å²) in [6, 6.07) is 11.4. The highest BCUT2D eigenvalue weighted by molar-refractivity contribution is 8.00. The van der Waals surface area contributed by atoms with Crippen LogP contribution >= 0.6 is 11.8 Å². The van der Waals surface area contributed by atoms with E-state index < -0.39 is 0 Å². The summed E-state index contributed by atoms with van der Waals surface area (Å²) in [5.41, 5.74) is 1.87. The van der Waals surface area contributed by atoms with Crippen molar-refractivity contribution in [3.8, 4) is 23.0 Å². The molecule has 0 aromatic heterocycles. The topological polar surface area (TPSA) is 57.2 Å². The molecule has 2 aliphatic heterocycles. The Kier molecular flexibility index (Phi) is 4.55. The Balaban J connectivity index is 1.66. The molecule has 136 valence electrons. The van der Waals surface area contributed by atoms with Crippen LogP contribution in [0.25, 0.3) is 0 Å². The van der Waals surface area contributed by atoms with Gasteiger partial charge in [-0.3, -0.25) is 4.79 Å². The minimum Gasteiger partial charge on any atom is -0.496 e. The first-order valence-electron chi connectivity index (χ1n) is 8.21. The van der Waals surface area contributed by atoms with Gasteiger partial charge in [0.05, 0.1) is 25.5 Å². The Morgan fingerprint density at radius 3 is 2.58 bits per heavy atom. The zero-order valence-corrected chi connectivity index (χ0v) is 15.4. The molecule has 0 aliphatic carbocycles. The van der Waals surface area contributed by atoms with Gasteiger partial charge in [0, 0.05) is 6.54 Å². The molecule has 26 heavy (non-hydrogen) atoms. The number of carbonyl (C=O) groups is 1. The lowest BCUT2D eigenvalue weighted by molar-refractivity contribution is -0.128. The summed E-state index contributed by atoms with van der Waals surface area (Å²) < 4.78 is 21.9. The third-order valence-electron chi connectivity index (χ3n) is 4.47. The lowest BCUT2D eigenvalue weighted by Gasteiger charge is -2.27. The van der Waals surface area contributed by atoms with Crippen molar-refractivity contribution in [3.05, 3.63) is 47.5 Å². The average Bonchev–Trinajstić information content (AvgIpc) is 3.27. The molecule has 0 bridgehead atoms. The van der Waals surface area contributed by atoms with Gasteiger partial charge in [-0.15, -0.1) is 11.8 Å². The number of ether oxygens (including phenoxy) is 4. The number of hydrogen-bond acceptors (Lipinski definition) is 6. The molecule has 4 rings (SSSR count). The summed E-state index contributed by atoms with van der Waals surface area (Å²) in [6.45, 7) is 0.715. The molecule has 1 atom stereocenters. The number of fused-ring (bicyclic) bond motifs is 1. The fourth-order valence-electron chi connectivity index (χ4n) is 3.22. The van der Waals surface area contributed by atoms with E-state index in [9.17, 15) is 4.79 Å². The molecular weight excluding hydrogens is 354 g/mol. The van der Waals surface area contributed by atoms with Crippen LogP contribution in [-0.2, 0) is 11.3 Å². The number of carbonyl (C=O) groups excluding carboxylic acids is 1. The van der Waals surface area contributed by atoms with Crippen LogP contribution < -0.4 is 18.9 Å². The van der Waals surface area contributed by atoms with Gasteiger partial charge in [0.2, 0.25) is 12.7 Å². The van der Waals surface area contributed by atoms with Gasteiger partial charge in [-0.05, 0) is 29.8 Å². The summed E-state index contributed by atoms with van der Waals surface area (Å²) >= 11 is 1.58. The van der Waals surface area contributed by atoms with Crippen LogP contribution in [0.1, 0.15) is 16.5 Å². The van der Waals surface area contributed by atoms with Crippen LogP contribution in [-0.4, -0.2) is 37.6 Å². The Morgan fingerprint density at radius 2 is 1.85 bits per heavy atom. The lowest BCUT2D eigenvalue weighted by atomic mass is 10.1. The molecule has 2 aromatic carbocycles. The van der Waals surface area contributed by atoms with E-state index in [0.29, 0.717) is 29.5 Å². The highest BCUT2D eigenvalue weighted by Gasteiger charge is 2.36. The maximum atomic E-state index is 12.6. The molecule has 6 nitrogen and oxygen atoms in total. The van der Waals surface area contributed by atoms with Crippen molar-refractivity contribution >= 4 is 17.7 Å². The second-order valence-corrected chi connectivity index (χ2v) is 7.02. The van der Waals surface area contributed by atoms with E-state index in [4.69, 9.17) is 18.9 Å². The first-order valence-corrected chi connectivity index (χ1v) is 9.26. The van der Waals surface area contributed by atoms with E-state index in [1.54, 1.807) is 26.0 Å². The molecule has 1 fully saturated rings. The van der Waals surface area contributed by atoms with Gasteiger partial charge in [0.1, 0.15) is 16.9 Å². The maximum absolute atomic E-state index is 12.6. The smallest absolute Gasteiger partial charge is 0.234 e. The highest BCUT2D eigenvalue weighted by Crippen LogP contribution is 2.47. The van der Waals surface area contributed by atoms with Crippen molar-refractivity contribution in [1.82, 2.24) is 4.90 Å². The number of rotatable bonds is 5. The normalized spacial score (nSPS) is 18.3. The zero-order chi connectivity index (χ0) is 18.1. The number of hydrogen-bond donors (Lipinski definition) is 0. The second-order valence-electron chi connectivity index (χ2n) is 5.95. The molecule has 0 saturated carbocycles. The molecular formula is C19H19NO5S. The zero-order valence-electron chi connectivity index (χ0n) is 14.6. The van der Waals surface area contributed by atoms with E-state index in [1.807, 2.05) is 41.3 Å². The molecule has 2 heterocycles. The lowest BCUT2D eigenvalue weighted by Crippen LogP contribution is -2.28. The van der Waals surface area contributed by atoms with Gasteiger partial charge in [0.25, 0.3) is 0 Å². The van der Waals surface area contributed by atoms with Gasteiger partial charge in [-0.1, -0.05) is 12.1 Å². The van der Waals surface area contributed by atoms with Crippen LogP contribution in [0.4, 0.5) is 0 Å². The van der Waals surface area contributed by atoms with Gasteiger partial charge in [-0.2, -0.15) is 0 Å². The molecule has 1 saturated heterocycles. The highest BCUT2D eigenvalue weighted by atomic mass is 32.2. The van der Waals surface area contributed by atoms with E-state index in [2.05, 4.69) is 0 Å². The van der Waals surface area contributed by atoms with Gasteiger partial charge >= 0.3 is 0 Å². The number of amides is 1. The van der Waals surface area contributed by atoms with Crippen LogP contribution in [0.5, 0.6) is 23.0 Å². The van der Waals surface area contributed by atoms with E-state index in [0.717, 1.165) is 16.9 Å². The molecule has 2 aliphatic rings. The predicted molar refractivity (Wildman–Crippen MR) is 97.9 cm³/mol. The summed E-state index contributed by atoms with van der Waals surface area (Å²) in [5.74, 6) is 3.40. The predicted octanol–water partition coefficient (Wildman–Crippen LogP) is 3.21. The molecule has 0 radical (unpaired) electrons.